The lowest BCUT2D eigenvalue weighted by Crippen LogP contribution is -2.46. The molecule has 106 valence electrons. The van der Waals surface area contributed by atoms with E-state index in [9.17, 15) is 4.79 Å². The van der Waals surface area contributed by atoms with Crippen molar-refractivity contribution in [1.82, 2.24) is 15.1 Å². The van der Waals surface area contributed by atoms with Crippen molar-refractivity contribution in [3.8, 4) is 0 Å². The van der Waals surface area contributed by atoms with Gasteiger partial charge in [-0.25, -0.2) is 0 Å². The van der Waals surface area contributed by atoms with Gasteiger partial charge in [-0.1, -0.05) is 25.7 Å². The fourth-order valence-electron chi connectivity index (χ4n) is 3.03. The third kappa shape index (κ3) is 3.15. The largest absolute Gasteiger partial charge is 0.341 e. The van der Waals surface area contributed by atoms with Crippen LogP contribution in [0.4, 0.5) is 0 Å². The molecule has 3 N–H and O–H groups in total. The monoisotopic (exact) mass is 264 g/mol. The zero-order valence-electron chi connectivity index (χ0n) is 11.7. The number of nitrogens with two attached hydrogens (primary N) is 1. The van der Waals surface area contributed by atoms with E-state index in [0.717, 1.165) is 31.2 Å². The molecular formula is C14H24N4O. The van der Waals surface area contributed by atoms with Crippen molar-refractivity contribution in [1.29, 1.82) is 0 Å². The van der Waals surface area contributed by atoms with Crippen LogP contribution in [-0.4, -0.2) is 34.6 Å². The van der Waals surface area contributed by atoms with Gasteiger partial charge in [0.1, 0.15) is 0 Å². The molecule has 1 fully saturated rings. The SMILES string of the molecule is CN(Cc1cn[nH]c1)C(=O)C1(CN)CCCCCC1. The second-order valence-corrected chi connectivity index (χ2v) is 5.67. The van der Waals surface area contributed by atoms with Gasteiger partial charge in [0, 0.05) is 31.9 Å². The number of nitrogens with one attached hydrogen (secondary N) is 1. The van der Waals surface area contributed by atoms with Crippen molar-refractivity contribution in [2.45, 2.75) is 45.1 Å². The Morgan fingerprint density at radius 3 is 2.63 bits per heavy atom. The second kappa shape index (κ2) is 6.19. The minimum atomic E-state index is -0.338. The number of nitrogens with zero attached hydrogens (tertiary/aromatic N) is 2. The third-order valence-electron chi connectivity index (χ3n) is 4.23. The molecule has 1 heterocycles. The Balaban J connectivity index is 2.06. The minimum Gasteiger partial charge on any atom is -0.341 e. The third-order valence-corrected chi connectivity index (χ3v) is 4.23. The number of aromatic nitrogens is 2. The number of hydrogen-bond acceptors (Lipinski definition) is 3. The van der Waals surface area contributed by atoms with E-state index >= 15 is 0 Å². The molecule has 1 aliphatic carbocycles. The van der Waals surface area contributed by atoms with Gasteiger partial charge in [0.25, 0.3) is 0 Å². The van der Waals surface area contributed by atoms with Gasteiger partial charge < -0.3 is 10.6 Å². The zero-order chi connectivity index (χ0) is 13.7. The molecule has 1 aliphatic rings. The minimum absolute atomic E-state index is 0.193. The quantitative estimate of drug-likeness (QED) is 0.812. The van der Waals surface area contributed by atoms with Crippen molar-refractivity contribution >= 4 is 5.91 Å². The van der Waals surface area contributed by atoms with Crippen LogP contribution >= 0.6 is 0 Å². The molecular weight excluding hydrogens is 240 g/mol. The van der Waals surface area contributed by atoms with Gasteiger partial charge in [0.2, 0.25) is 5.91 Å². The summed E-state index contributed by atoms with van der Waals surface area (Å²) in [5.74, 6) is 0.193. The Hall–Kier alpha value is -1.36. The summed E-state index contributed by atoms with van der Waals surface area (Å²) in [6.45, 7) is 1.05. The van der Waals surface area contributed by atoms with Crippen LogP contribution in [0.2, 0.25) is 0 Å². The Bertz CT molecular complexity index is 394. The van der Waals surface area contributed by atoms with Crippen LogP contribution in [0.1, 0.15) is 44.1 Å². The van der Waals surface area contributed by atoms with E-state index in [1.165, 1.54) is 12.8 Å². The summed E-state index contributed by atoms with van der Waals surface area (Å²) in [5.41, 5.74) is 6.64. The molecule has 1 aromatic rings. The highest BCUT2D eigenvalue weighted by Gasteiger charge is 2.39. The molecule has 19 heavy (non-hydrogen) atoms. The summed E-state index contributed by atoms with van der Waals surface area (Å²) >= 11 is 0. The Labute approximate surface area is 114 Å². The fraction of sp³-hybridized carbons (Fsp3) is 0.714. The van der Waals surface area contributed by atoms with E-state index in [2.05, 4.69) is 10.2 Å². The van der Waals surface area contributed by atoms with E-state index in [-0.39, 0.29) is 11.3 Å². The van der Waals surface area contributed by atoms with E-state index in [1.54, 1.807) is 11.1 Å². The summed E-state index contributed by atoms with van der Waals surface area (Å²) < 4.78 is 0. The molecule has 0 atom stereocenters. The molecule has 0 aromatic carbocycles. The molecule has 0 aliphatic heterocycles. The van der Waals surface area contributed by atoms with Crippen molar-refractivity contribution in [2.24, 2.45) is 11.1 Å². The molecule has 5 nitrogen and oxygen atoms in total. The van der Waals surface area contributed by atoms with E-state index in [1.807, 2.05) is 13.2 Å². The van der Waals surface area contributed by atoms with Gasteiger partial charge in [0.05, 0.1) is 11.6 Å². The van der Waals surface area contributed by atoms with Crippen LogP contribution in [0, 0.1) is 5.41 Å². The van der Waals surface area contributed by atoms with E-state index in [4.69, 9.17) is 5.73 Å². The Morgan fingerprint density at radius 1 is 1.42 bits per heavy atom. The van der Waals surface area contributed by atoms with Gasteiger partial charge in [-0.2, -0.15) is 5.10 Å². The Kier molecular flexibility index (Phi) is 4.58. The molecule has 0 radical (unpaired) electrons. The predicted octanol–water partition coefficient (Wildman–Crippen LogP) is 1.67. The van der Waals surface area contributed by atoms with Crippen LogP contribution in [0.5, 0.6) is 0 Å². The van der Waals surface area contributed by atoms with Crippen molar-refractivity contribution in [3.05, 3.63) is 18.0 Å². The maximum atomic E-state index is 12.7. The zero-order valence-corrected chi connectivity index (χ0v) is 11.7. The Morgan fingerprint density at radius 2 is 2.11 bits per heavy atom. The lowest BCUT2D eigenvalue weighted by molar-refractivity contribution is -0.141. The fourth-order valence-corrected chi connectivity index (χ4v) is 3.03. The van der Waals surface area contributed by atoms with E-state index < -0.39 is 0 Å². The summed E-state index contributed by atoms with van der Waals surface area (Å²) in [6, 6.07) is 0. The topological polar surface area (TPSA) is 75.0 Å². The first kappa shape index (κ1) is 14.1. The highest BCUT2D eigenvalue weighted by Crippen LogP contribution is 2.36. The van der Waals surface area contributed by atoms with Gasteiger partial charge in [0.15, 0.2) is 0 Å². The lowest BCUT2D eigenvalue weighted by Gasteiger charge is -2.34. The summed E-state index contributed by atoms with van der Waals surface area (Å²) in [5, 5.41) is 6.69. The molecule has 0 spiro atoms. The highest BCUT2D eigenvalue weighted by atomic mass is 16.2. The molecule has 0 saturated heterocycles. The second-order valence-electron chi connectivity index (χ2n) is 5.67. The summed E-state index contributed by atoms with van der Waals surface area (Å²) in [4.78, 5) is 14.5. The molecule has 0 bridgehead atoms. The molecule has 2 rings (SSSR count). The number of carbonyl (C=O) groups excluding carboxylic acids is 1. The number of H-pyrrole nitrogens is 1. The maximum Gasteiger partial charge on any atom is 0.230 e. The van der Waals surface area contributed by atoms with Crippen LogP contribution < -0.4 is 5.73 Å². The molecule has 0 unspecified atom stereocenters. The first-order chi connectivity index (χ1) is 9.18. The van der Waals surface area contributed by atoms with Crippen LogP contribution in [-0.2, 0) is 11.3 Å². The molecule has 1 saturated carbocycles. The van der Waals surface area contributed by atoms with Crippen molar-refractivity contribution in [2.75, 3.05) is 13.6 Å². The average molecular weight is 264 g/mol. The standard InChI is InChI=1S/C14H24N4O/c1-18(10-12-8-16-17-9-12)13(19)14(11-15)6-4-2-3-5-7-14/h8-9H,2-7,10-11,15H2,1H3,(H,16,17). The average Bonchev–Trinajstić information content (AvgIpc) is 2.80. The molecule has 5 heteroatoms. The van der Waals surface area contributed by atoms with Gasteiger partial charge in [-0.15, -0.1) is 0 Å². The number of rotatable bonds is 4. The number of aromatic amines is 1. The maximum absolute atomic E-state index is 12.7. The van der Waals surface area contributed by atoms with Crippen molar-refractivity contribution < 1.29 is 4.79 Å². The first-order valence-corrected chi connectivity index (χ1v) is 7.11. The summed E-state index contributed by atoms with van der Waals surface area (Å²) in [6.07, 6.45) is 10.1. The van der Waals surface area contributed by atoms with Crippen LogP contribution in [0.3, 0.4) is 0 Å². The van der Waals surface area contributed by atoms with Gasteiger partial charge >= 0.3 is 0 Å². The number of amides is 1. The number of hydrogen-bond donors (Lipinski definition) is 2. The number of carbonyl (C=O) groups is 1. The molecule has 1 amide bonds. The van der Waals surface area contributed by atoms with Gasteiger partial charge in [-0.3, -0.25) is 9.89 Å². The molecule has 1 aromatic heterocycles. The lowest BCUT2D eigenvalue weighted by atomic mass is 9.79. The van der Waals surface area contributed by atoms with Crippen molar-refractivity contribution in [3.63, 3.8) is 0 Å². The van der Waals surface area contributed by atoms with Gasteiger partial charge in [-0.05, 0) is 12.8 Å². The highest BCUT2D eigenvalue weighted by molar-refractivity contribution is 5.82. The predicted molar refractivity (Wildman–Crippen MR) is 74.3 cm³/mol. The smallest absolute Gasteiger partial charge is 0.230 e. The first-order valence-electron chi connectivity index (χ1n) is 7.11. The normalized spacial score (nSPS) is 18.8. The summed E-state index contributed by atoms with van der Waals surface area (Å²) in [7, 11) is 1.86. The van der Waals surface area contributed by atoms with E-state index in [0.29, 0.717) is 13.1 Å². The van der Waals surface area contributed by atoms with Crippen LogP contribution in [0.25, 0.3) is 0 Å². The van der Waals surface area contributed by atoms with Crippen LogP contribution in [0.15, 0.2) is 12.4 Å².